The van der Waals surface area contributed by atoms with Crippen LogP contribution < -0.4 is 5.32 Å². The maximum Gasteiger partial charge on any atom is 0.257 e. The number of fused-ring (bicyclic) bond motifs is 1. The third-order valence-corrected chi connectivity index (χ3v) is 5.09. The molecular formula is C23H14ClFN6O. The summed E-state index contributed by atoms with van der Waals surface area (Å²) < 4.78 is 14.9. The van der Waals surface area contributed by atoms with Crippen molar-refractivity contribution in [2.45, 2.75) is 0 Å². The Morgan fingerprint density at radius 2 is 1.84 bits per heavy atom. The van der Waals surface area contributed by atoms with E-state index in [4.69, 9.17) is 11.6 Å². The van der Waals surface area contributed by atoms with Gasteiger partial charge in [-0.3, -0.25) is 9.78 Å². The van der Waals surface area contributed by atoms with Crippen molar-refractivity contribution in [2.24, 2.45) is 0 Å². The first-order chi connectivity index (χ1) is 15.6. The molecule has 9 heteroatoms. The Balaban J connectivity index is 1.47. The third kappa shape index (κ3) is 3.79. The molecule has 0 aliphatic rings. The predicted molar refractivity (Wildman–Crippen MR) is 119 cm³/mol. The van der Waals surface area contributed by atoms with Crippen molar-refractivity contribution < 1.29 is 9.18 Å². The summed E-state index contributed by atoms with van der Waals surface area (Å²) in [5.41, 5.74) is 3.57. The van der Waals surface area contributed by atoms with Crippen LogP contribution >= 0.6 is 11.6 Å². The lowest BCUT2D eigenvalue weighted by molar-refractivity contribution is 0.102. The van der Waals surface area contributed by atoms with E-state index in [1.54, 1.807) is 35.1 Å². The van der Waals surface area contributed by atoms with Gasteiger partial charge in [-0.2, -0.15) is 9.61 Å². The van der Waals surface area contributed by atoms with Gasteiger partial charge in [-0.15, -0.1) is 10.2 Å². The monoisotopic (exact) mass is 444 g/mol. The molecule has 0 atom stereocenters. The van der Waals surface area contributed by atoms with Crippen LogP contribution in [0.1, 0.15) is 10.4 Å². The van der Waals surface area contributed by atoms with Gasteiger partial charge in [0.15, 0.2) is 11.5 Å². The highest BCUT2D eigenvalue weighted by atomic mass is 35.5. The van der Waals surface area contributed by atoms with Crippen LogP contribution in [0.2, 0.25) is 5.02 Å². The van der Waals surface area contributed by atoms with Crippen molar-refractivity contribution in [3.63, 3.8) is 0 Å². The van der Waals surface area contributed by atoms with Crippen molar-refractivity contribution >= 4 is 28.8 Å². The van der Waals surface area contributed by atoms with Crippen molar-refractivity contribution in [2.75, 3.05) is 5.32 Å². The second kappa shape index (κ2) is 8.16. The van der Waals surface area contributed by atoms with Crippen LogP contribution in [0.15, 0.2) is 79.1 Å². The molecule has 0 spiro atoms. The lowest BCUT2D eigenvalue weighted by Crippen LogP contribution is -2.12. The van der Waals surface area contributed by atoms with Gasteiger partial charge in [0.25, 0.3) is 5.91 Å². The van der Waals surface area contributed by atoms with Crippen molar-refractivity contribution in [1.82, 2.24) is 24.8 Å². The minimum absolute atomic E-state index is 0.0429. The van der Waals surface area contributed by atoms with Gasteiger partial charge >= 0.3 is 0 Å². The van der Waals surface area contributed by atoms with Gasteiger partial charge < -0.3 is 5.32 Å². The molecule has 0 saturated carbocycles. The van der Waals surface area contributed by atoms with E-state index in [-0.39, 0.29) is 10.6 Å². The number of carbonyl (C=O) groups excluding carboxylic acids is 1. The first-order valence-corrected chi connectivity index (χ1v) is 9.96. The molecule has 3 heterocycles. The zero-order chi connectivity index (χ0) is 22.1. The van der Waals surface area contributed by atoms with Crippen molar-refractivity contribution in [3.05, 3.63) is 95.5 Å². The van der Waals surface area contributed by atoms with Gasteiger partial charge in [-0.1, -0.05) is 23.7 Å². The highest BCUT2D eigenvalue weighted by Crippen LogP contribution is 2.24. The molecule has 0 fully saturated rings. The van der Waals surface area contributed by atoms with E-state index in [0.717, 1.165) is 17.2 Å². The summed E-state index contributed by atoms with van der Waals surface area (Å²) in [6.45, 7) is 0. The maximum atomic E-state index is 13.3. The summed E-state index contributed by atoms with van der Waals surface area (Å²) in [4.78, 5) is 16.7. The van der Waals surface area contributed by atoms with E-state index in [2.05, 4.69) is 25.6 Å². The SMILES string of the molecule is O=C(Nc1cccc(-c2ccc3nnc(-c4cccnc4)n3n2)c1)c1ccc(F)cc1Cl. The van der Waals surface area contributed by atoms with E-state index in [1.807, 2.05) is 30.3 Å². The van der Waals surface area contributed by atoms with Crippen LogP contribution in [-0.2, 0) is 0 Å². The smallest absolute Gasteiger partial charge is 0.257 e. The topological polar surface area (TPSA) is 85.1 Å². The molecule has 5 aromatic rings. The van der Waals surface area contributed by atoms with E-state index < -0.39 is 11.7 Å². The molecule has 156 valence electrons. The molecule has 3 aromatic heterocycles. The first kappa shape index (κ1) is 19.8. The molecule has 0 unspecified atom stereocenters. The van der Waals surface area contributed by atoms with Gasteiger partial charge in [0, 0.05) is 29.2 Å². The Hall–Kier alpha value is -4.17. The molecule has 2 aromatic carbocycles. The van der Waals surface area contributed by atoms with E-state index in [0.29, 0.717) is 22.9 Å². The lowest BCUT2D eigenvalue weighted by atomic mass is 10.1. The standard InChI is InChI=1S/C23H14ClFN6O/c24-19-12-16(25)6-7-18(19)23(32)27-17-5-1-3-14(11-17)20-8-9-21-28-29-22(31(21)30-20)15-4-2-10-26-13-15/h1-13H,(H,27,32). The maximum absolute atomic E-state index is 13.3. The summed E-state index contributed by atoms with van der Waals surface area (Å²) in [7, 11) is 0. The van der Waals surface area contributed by atoms with Crippen LogP contribution in [0.4, 0.5) is 10.1 Å². The number of rotatable bonds is 4. The molecule has 0 aliphatic heterocycles. The number of nitrogens with zero attached hydrogens (tertiary/aromatic N) is 5. The zero-order valence-electron chi connectivity index (χ0n) is 16.4. The summed E-state index contributed by atoms with van der Waals surface area (Å²) in [6.07, 6.45) is 3.38. The highest BCUT2D eigenvalue weighted by molar-refractivity contribution is 6.34. The summed E-state index contributed by atoms with van der Waals surface area (Å²) in [5, 5.41) is 15.9. The Kier molecular flexibility index (Phi) is 5.04. The predicted octanol–water partition coefficient (Wildman–Crippen LogP) is 4.90. The molecule has 32 heavy (non-hydrogen) atoms. The fraction of sp³-hybridized carbons (Fsp3) is 0. The molecule has 1 N–H and O–H groups in total. The second-order valence-corrected chi connectivity index (χ2v) is 7.32. The molecule has 5 rings (SSSR count). The third-order valence-electron chi connectivity index (χ3n) is 4.77. The van der Waals surface area contributed by atoms with Crippen LogP contribution in [0, 0.1) is 5.82 Å². The minimum Gasteiger partial charge on any atom is -0.322 e. The fourth-order valence-electron chi connectivity index (χ4n) is 3.25. The molecule has 0 saturated heterocycles. The molecule has 7 nitrogen and oxygen atoms in total. The zero-order valence-corrected chi connectivity index (χ0v) is 17.2. The van der Waals surface area contributed by atoms with Crippen LogP contribution in [0.3, 0.4) is 0 Å². The van der Waals surface area contributed by atoms with Crippen molar-refractivity contribution in [3.8, 4) is 22.6 Å². The highest BCUT2D eigenvalue weighted by Gasteiger charge is 2.13. The number of pyridine rings is 1. The van der Waals surface area contributed by atoms with E-state index in [9.17, 15) is 9.18 Å². The Bertz CT molecular complexity index is 1450. The molecule has 0 radical (unpaired) electrons. The number of halogens is 2. The summed E-state index contributed by atoms with van der Waals surface area (Å²) in [6, 6.07) is 18.2. The molecule has 0 aliphatic carbocycles. The van der Waals surface area contributed by atoms with E-state index in [1.165, 1.54) is 12.1 Å². The minimum atomic E-state index is -0.505. The lowest BCUT2D eigenvalue weighted by Gasteiger charge is -2.09. The second-order valence-electron chi connectivity index (χ2n) is 6.91. The Morgan fingerprint density at radius 1 is 0.969 bits per heavy atom. The Labute approximate surface area is 186 Å². The number of carbonyl (C=O) groups is 1. The molecule has 1 amide bonds. The van der Waals surface area contributed by atoms with Crippen LogP contribution in [0.25, 0.3) is 28.3 Å². The number of amides is 1. The van der Waals surface area contributed by atoms with Gasteiger partial charge in [0.2, 0.25) is 0 Å². The van der Waals surface area contributed by atoms with Crippen molar-refractivity contribution in [1.29, 1.82) is 0 Å². The first-order valence-electron chi connectivity index (χ1n) is 9.58. The van der Waals surface area contributed by atoms with Crippen LogP contribution in [0.5, 0.6) is 0 Å². The molecule has 0 bridgehead atoms. The normalized spacial score (nSPS) is 10.9. The number of anilines is 1. The number of aromatic nitrogens is 5. The summed E-state index contributed by atoms with van der Waals surface area (Å²) in [5.74, 6) is -0.367. The fourth-order valence-corrected chi connectivity index (χ4v) is 3.50. The average Bonchev–Trinajstić information content (AvgIpc) is 3.23. The Morgan fingerprint density at radius 3 is 2.66 bits per heavy atom. The average molecular weight is 445 g/mol. The number of benzene rings is 2. The number of hydrogen-bond donors (Lipinski definition) is 1. The van der Waals surface area contributed by atoms with Gasteiger partial charge in [0.1, 0.15) is 5.82 Å². The molecular weight excluding hydrogens is 431 g/mol. The largest absolute Gasteiger partial charge is 0.322 e. The van der Waals surface area contributed by atoms with Crippen LogP contribution in [-0.4, -0.2) is 30.7 Å². The number of hydrogen-bond acceptors (Lipinski definition) is 5. The quantitative estimate of drug-likeness (QED) is 0.426. The van der Waals surface area contributed by atoms with Gasteiger partial charge in [-0.05, 0) is 54.6 Å². The van der Waals surface area contributed by atoms with E-state index >= 15 is 0 Å². The number of nitrogens with one attached hydrogen (secondary N) is 1. The van der Waals surface area contributed by atoms with Gasteiger partial charge in [-0.25, -0.2) is 4.39 Å². The van der Waals surface area contributed by atoms with Gasteiger partial charge in [0.05, 0.1) is 16.3 Å². The summed E-state index contributed by atoms with van der Waals surface area (Å²) >= 11 is 6.00.